The first-order valence-electron chi connectivity index (χ1n) is 8.27. The predicted octanol–water partition coefficient (Wildman–Crippen LogP) is 2.56. The standard InChI is InChI=1S/C18H20N4O3/c1-10-6-12-16(13(23)7-10)17(22-18(21-12)19-9-20-22)11-4-5-14(24-2)15(8-11)25-3/h4-5,8-10,17H,6-7H2,1-3H3,(H,19,20,21)/t10-,17+/m1/s1. The van der Waals surface area contributed by atoms with Gasteiger partial charge in [0, 0.05) is 17.7 Å². The first-order valence-corrected chi connectivity index (χ1v) is 8.27. The zero-order valence-electron chi connectivity index (χ0n) is 14.4. The van der Waals surface area contributed by atoms with Crippen LogP contribution in [0.5, 0.6) is 11.5 Å². The van der Waals surface area contributed by atoms with Crippen molar-refractivity contribution in [2.75, 3.05) is 19.5 Å². The monoisotopic (exact) mass is 340 g/mol. The number of Topliss-reactive ketones (excluding diaryl/α,β-unsaturated/α-hetero) is 1. The first-order chi connectivity index (χ1) is 12.1. The quantitative estimate of drug-likeness (QED) is 0.925. The summed E-state index contributed by atoms with van der Waals surface area (Å²) in [5, 5.41) is 7.62. The van der Waals surface area contributed by atoms with Crippen LogP contribution in [0, 0.1) is 5.92 Å². The molecule has 0 saturated carbocycles. The van der Waals surface area contributed by atoms with Crippen LogP contribution in [0.2, 0.25) is 0 Å². The number of nitrogens with one attached hydrogen (secondary N) is 1. The number of ether oxygens (including phenoxy) is 2. The lowest BCUT2D eigenvalue weighted by Gasteiger charge is -2.34. The Bertz CT molecular complexity index is 871. The highest BCUT2D eigenvalue weighted by molar-refractivity contribution is 5.99. The number of ketones is 1. The summed E-state index contributed by atoms with van der Waals surface area (Å²) in [5.41, 5.74) is 2.63. The third kappa shape index (κ3) is 2.47. The molecular formula is C18H20N4O3. The average molecular weight is 340 g/mol. The molecular weight excluding hydrogens is 320 g/mol. The number of allylic oxidation sites excluding steroid dienone is 2. The fourth-order valence-corrected chi connectivity index (χ4v) is 3.68. The topological polar surface area (TPSA) is 78.3 Å². The Morgan fingerprint density at radius 2 is 2.00 bits per heavy atom. The summed E-state index contributed by atoms with van der Waals surface area (Å²) in [7, 11) is 3.20. The zero-order valence-corrected chi connectivity index (χ0v) is 14.4. The minimum atomic E-state index is -0.312. The van der Waals surface area contributed by atoms with Gasteiger partial charge >= 0.3 is 0 Å². The van der Waals surface area contributed by atoms with E-state index in [0.29, 0.717) is 29.8 Å². The lowest BCUT2D eigenvalue weighted by Crippen LogP contribution is -2.33. The highest BCUT2D eigenvalue weighted by Gasteiger charge is 2.38. The van der Waals surface area contributed by atoms with Crippen LogP contribution in [-0.2, 0) is 4.79 Å². The number of nitrogens with zero attached hydrogens (tertiary/aromatic N) is 3. The molecule has 0 bridgehead atoms. The van der Waals surface area contributed by atoms with Gasteiger partial charge in [-0.3, -0.25) is 4.79 Å². The Morgan fingerprint density at radius 1 is 1.20 bits per heavy atom. The maximum absolute atomic E-state index is 12.8. The number of rotatable bonds is 3. The molecule has 1 aromatic heterocycles. The average Bonchev–Trinajstić information content (AvgIpc) is 3.07. The van der Waals surface area contributed by atoms with Crippen LogP contribution < -0.4 is 14.8 Å². The van der Waals surface area contributed by atoms with Crippen LogP contribution in [-0.4, -0.2) is 34.8 Å². The van der Waals surface area contributed by atoms with Crippen molar-refractivity contribution in [2.45, 2.75) is 25.8 Å². The van der Waals surface area contributed by atoms with Crippen molar-refractivity contribution < 1.29 is 14.3 Å². The van der Waals surface area contributed by atoms with E-state index in [-0.39, 0.29) is 11.8 Å². The normalized spacial score (nSPS) is 22.1. The molecule has 2 aromatic rings. The van der Waals surface area contributed by atoms with Gasteiger partial charge in [0.2, 0.25) is 5.95 Å². The molecule has 1 N–H and O–H groups in total. The second kappa shape index (κ2) is 5.91. The van der Waals surface area contributed by atoms with Gasteiger partial charge in [0.1, 0.15) is 12.4 Å². The molecule has 0 spiro atoms. The molecule has 7 nitrogen and oxygen atoms in total. The van der Waals surface area contributed by atoms with Crippen molar-refractivity contribution in [3.05, 3.63) is 41.4 Å². The van der Waals surface area contributed by atoms with Crippen molar-refractivity contribution in [1.29, 1.82) is 0 Å². The second-order valence-corrected chi connectivity index (χ2v) is 6.50. The van der Waals surface area contributed by atoms with E-state index in [9.17, 15) is 4.79 Å². The summed E-state index contributed by atoms with van der Waals surface area (Å²) in [6, 6.07) is 5.38. The maximum atomic E-state index is 12.8. The summed E-state index contributed by atoms with van der Waals surface area (Å²) in [6.45, 7) is 2.09. The first kappa shape index (κ1) is 15.7. The number of fused-ring (bicyclic) bond motifs is 1. The smallest absolute Gasteiger partial charge is 0.226 e. The number of carbonyl (C=O) groups is 1. The Morgan fingerprint density at radius 3 is 2.76 bits per heavy atom. The van der Waals surface area contributed by atoms with Crippen molar-refractivity contribution >= 4 is 11.7 Å². The van der Waals surface area contributed by atoms with E-state index in [1.54, 1.807) is 18.9 Å². The van der Waals surface area contributed by atoms with Crippen molar-refractivity contribution in [1.82, 2.24) is 14.8 Å². The van der Waals surface area contributed by atoms with E-state index in [4.69, 9.17) is 9.47 Å². The Hall–Kier alpha value is -2.83. The molecule has 0 amide bonds. The van der Waals surface area contributed by atoms with E-state index < -0.39 is 0 Å². The van der Waals surface area contributed by atoms with E-state index in [1.165, 1.54) is 6.33 Å². The van der Waals surface area contributed by atoms with Gasteiger partial charge in [-0.15, -0.1) is 0 Å². The summed E-state index contributed by atoms with van der Waals surface area (Å²) in [4.78, 5) is 17.1. The van der Waals surface area contributed by atoms with E-state index in [2.05, 4.69) is 22.3 Å². The third-order valence-electron chi connectivity index (χ3n) is 4.79. The number of methoxy groups -OCH3 is 2. The van der Waals surface area contributed by atoms with Crippen molar-refractivity contribution in [3.8, 4) is 11.5 Å². The van der Waals surface area contributed by atoms with Gasteiger partial charge in [-0.25, -0.2) is 4.68 Å². The lowest BCUT2D eigenvalue weighted by molar-refractivity contribution is -0.117. The fourth-order valence-electron chi connectivity index (χ4n) is 3.68. The summed E-state index contributed by atoms with van der Waals surface area (Å²) < 4.78 is 12.5. The molecule has 1 aliphatic carbocycles. The molecule has 1 aliphatic heterocycles. The minimum absolute atomic E-state index is 0.155. The fraction of sp³-hybridized carbons (Fsp3) is 0.389. The molecule has 25 heavy (non-hydrogen) atoms. The van der Waals surface area contributed by atoms with Crippen LogP contribution >= 0.6 is 0 Å². The Labute approximate surface area is 145 Å². The lowest BCUT2D eigenvalue weighted by atomic mass is 9.81. The van der Waals surface area contributed by atoms with Crippen molar-refractivity contribution in [2.24, 2.45) is 5.92 Å². The van der Waals surface area contributed by atoms with E-state index in [0.717, 1.165) is 23.3 Å². The number of hydrogen-bond acceptors (Lipinski definition) is 6. The van der Waals surface area contributed by atoms with Crippen LogP contribution in [0.3, 0.4) is 0 Å². The van der Waals surface area contributed by atoms with E-state index >= 15 is 0 Å². The molecule has 2 heterocycles. The zero-order chi connectivity index (χ0) is 17.6. The molecule has 0 radical (unpaired) electrons. The second-order valence-electron chi connectivity index (χ2n) is 6.50. The highest BCUT2D eigenvalue weighted by Crippen LogP contribution is 2.42. The molecule has 0 saturated heterocycles. The molecule has 1 aromatic carbocycles. The Kier molecular flexibility index (Phi) is 3.71. The SMILES string of the molecule is COc1ccc([C@H]2C3=C(C[C@@H](C)CC3=O)Nc3ncnn32)cc1OC. The molecule has 0 unspecified atom stereocenters. The van der Waals surface area contributed by atoms with Crippen LogP contribution in [0.15, 0.2) is 35.8 Å². The van der Waals surface area contributed by atoms with Gasteiger partial charge in [0.05, 0.1) is 14.2 Å². The highest BCUT2D eigenvalue weighted by atomic mass is 16.5. The summed E-state index contributed by atoms with van der Waals surface area (Å²) in [5.74, 6) is 2.40. The molecule has 4 rings (SSSR count). The minimum Gasteiger partial charge on any atom is -0.493 e. The van der Waals surface area contributed by atoms with Gasteiger partial charge in [-0.1, -0.05) is 13.0 Å². The summed E-state index contributed by atoms with van der Waals surface area (Å²) >= 11 is 0. The number of benzene rings is 1. The molecule has 2 atom stereocenters. The largest absolute Gasteiger partial charge is 0.493 e. The number of aromatic nitrogens is 3. The van der Waals surface area contributed by atoms with Gasteiger partial charge in [-0.2, -0.15) is 10.1 Å². The molecule has 2 aliphatic rings. The molecule has 7 heteroatoms. The summed E-state index contributed by atoms with van der Waals surface area (Å²) in [6.07, 6.45) is 2.88. The van der Waals surface area contributed by atoms with Gasteiger partial charge in [-0.05, 0) is 30.0 Å². The van der Waals surface area contributed by atoms with Gasteiger partial charge in [0.15, 0.2) is 17.3 Å². The molecule has 130 valence electrons. The van der Waals surface area contributed by atoms with Crippen LogP contribution in [0.25, 0.3) is 0 Å². The number of carbonyl (C=O) groups excluding carboxylic acids is 1. The van der Waals surface area contributed by atoms with Crippen LogP contribution in [0.4, 0.5) is 5.95 Å². The van der Waals surface area contributed by atoms with E-state index in [1.807, 2.05) is 18.2 Å². The van der Waals surface area contributed by atoms with Crippen molar-refractivity contribution in [3.63, 3.8) is 0 Å². The number of anilines is 1. The van der Waals surface area contributed by atoms with Crippen LogP contribution in [0.1, 0.15) is 31.4 Å². The third-order valence-corrected chi connectivity index (χ3v) is 4.79. The van der Waals surface area contributed by atoms with Gasteiger partial charge in [0.25, 0.3) is 0 Å². The number of hydrogen-bond donors (Lipinski definition) is 1. The maximum Gasteiger partial charge on any atom is 0.226 e. The Balaban J connectivity index is 1.88. The predicted molar refractivity (Wildman–Crippen MR) is 91.8 cm³/mol. The van der Waals surface area contributed by atoms with Gasteiger partial charge < -0.3 is 14.8 Å². The molecule has 0 fully saturated rings.